The van der Waals surface area contributed by atoms with Crippen molar-refractivity contribution in [2.45, 2.75) is 32.9 Å². The number of amides is 3. The Bertz CT molecular complexity index is 1100. The van der Waals surface area contributed by atoms with E-state index in [4.69, 9.17) is 11.6 Å². The molecule has 8 nitrogen and oxygen atoms in total. The molecule has 9 heteroatoms. The lowest BCUT2D eigenvalue weighted by Crippen LogP contribution is -2.43. The molecule has 2 atom stereocenters. The molecule has 0 saturated carbocycles. The monoisotopic (exact) mass is 425 g/mol. The van der Waals surface area contributed by atoms with Gasteiger partial charge in [-0.15, -0.1) is 0 Å². The molecule has 0 aliphatic carbocycles. The maximum atomic E-state index is 13.0. The van der Waals surface area contributed by atoms with Crippen molar-refractivity contribution < 1.29 is 14.4 Å². The summed E-state index contributed by atoms with van der Waals surface area (Å²) in [6, 6.07) is 8.69. The predicted molar refractivity (Wildman–Crippen MR) is 112 cm³/mol. The third-order valence-corrected chi connectivity index (χ3v) is 5.62. The van der Waals surface area contributed by atoms with Crippen LogP contribution in [0.15, 0.2) is 46.7 Å². The van der Waals surface area contributed by atoms with Gasteiger partial charge in [0.25, 0.3) is 11.8 Å². The molecule has 0 aromatic heterocycles. The first-order valence-electron chi connectivity index (χ1n) is 9.45. The Hall–Kier alpha value is -3.26. The van der Waals surface area contributed by atoms with Crippen molar-refractivity contribution in [3.63, 3.8) is 0 Å². The Morgan fingerprint density at radius 3 is 2.50 bits per heavy atom. The summed E-state index contributed by atoms with van der Waals surface area (Å²) >= 11 is 5.99. The lowest BCUT2D eigenvalue weighted by Gasteiger charge is -2.21. The van der Waals surface area contributed by atoms with E-state index in [-0.39, 0.29) is 12.5 Å². The smallest absolute Gasteiger partial charge is 0.263 e. The van der Waals surface area contributed by atoms with Gasteiger partial charge in [0.05, 0.1) is 5.69 Å². The Labute approximate surface area is 178 Å². The average Bonchev–Trinajstić information content (AvgIpc) is 3.21. The van der Waals surface area contributed by atoms with Crippen molar-refractivity contribution in [1.82, 2.24) is 5.01 Å². The van der Waals surface area contributed by atoms with Gasteiger partial charge in [-0.1, -0.05) is 29.0 Å². The quantitative estimate of drug-likeness (QED) is 0.761. The van der Waals surface area contributed by atoms with Gasteiger partial charge in [0.15, 0.2) is 12.1 Å². The summed E-state index contributed by atoms with van der Waals surface area (Å²) in [5, 5.41) is 12.4. The highest BCUT2D eigenvalue weighted by atomic mass is 35.5. The van der Waals surface area contributed by atoms with Gasteiger partial charge < -0.3 is 5.32 Å². The molecule has 4 rings (SSSR count). The third kappa shape index (κ3) is 3.43. The number of hydrogen-bond donors (Lipinski definition) is 1. The van der Waals surface area contributed by atoms with Gasteiger partial charge in [-0.2, -0.15) is 5.11 Å². The molecule has 0 bridgehead atoms. The molecular formula is C21H20ClN5O3. The fourth-order valence-corrected chi connectivity index (χ4v) is 3.71. The molecule has 2 aromatic carbocycles. The van der Waals surface area contributed by atoms with Crippen LogP contribution in [-0.2, 0) is 14.4 Å². The van der Waals surface area contributed by atoms with Gasteiger partial charge >= 0.3 is 0 Å². The summed E-state index contributed by atoms with van der Waals surface area (Å²) in [4.78, 5) is 39.5. The lowest BCUT2D eigenvalue weighted by atomic mass is 10.1. The molecule has 2 aliphatic heterocycles. The third-order valence-electron chi connectivity index (χ3n) is 5.39. The minimum Gasteiger partial charge on any atom is -0.324 e. The van der Waals surface area contributed by atoms with Crippen molar-refractivity contribution >= 4 is 40.7 Å². The highest BCUT2D eigenvalue weighted by Gasteiger charge is 2.55. The van der Waals surface area contributed by atoms with Crippen molar-refractivity contribution in [2.24, 2.45) is 10.3 Å². The molecule has 0 unspecified atom stereocenters. The number of benzene rings is 2. The maximum Gasteiger partial charge on any atom is 0.263 e. The lowest BCUT2D eigenvalue weighted by molar-refractivity contribution is -0.123. The molecule has 1 fully saturated rings. The average molecular weight is 426 g/mol. The second kappa shape index (κ2) is 7.53. The number of halogens is 1. The minimum atomic E-state index is -0.945. The number of aryl methyl sites for hydroxylation is 3. The number of fused-ring (bicyclic) bond motifs is 1. The van der Waals surface area contributed by atoms with E-state index in [0.717, 1.165) is 21.6 Å². The summed E-state index contributed by atoms with van der Waals surface area (Å²) < 4.78 is 0. The SMILES string of the molecule is Cc1ccc(N2C(=O)[C@H]3N=NN(CC(=O)Nc4cc(Cl)ccc4C)[C@@H]3C2=O)cc1C. The van der Waals surface area contributed by atoms with E-state index < -0.39 is 23.9 Å². The van der Waals surface area contributed by atoms with Crippen LogP contribution in [0.2, 0.25) is 5.02 Å². The summed E-state index contributed by atoms with van der Waals surface area (Å²) in [6.45, 7) is 5.51. The molecule has 2 aromatic rings. The van der Waals surface area contributed by atoms with Crippen LogP contribution < -0.4 is 10.2 Å². The zero-order valence-electron chi connectivity index (χ0n) is 16.7. The summed E-state index contributed by atoms with van der Waals surface area (Å²) in [6.07, 6.45) is 0. The molecule has 1 saturated heterocycles. The molecule has 1 N–H and O–H groups in total. The highest BCUT2D eigenvalue weighted by Crippen LogP contribution is 2.32. The number of hydrogen-bond acceptors (Lipinski definition) is 6. The zero-order valence-corrected chi connectivity index (χ0v) is 17.5. The van der Waals surface area contributed by atoms with Crippen molar-refractivity contribution in [1.29, 1.82) is 0 Å². The fourth-order valence-electron chi connectivity index (χ4n) is 3.54. The van der Waals surface area contributed by atoms with E-state index in [1.54, 1.807) is 30.3 Å². The molecular weight excluding hydrogens is 406 g/mol. The minimum absolute atomic E-state index is 0.212. The van der Waals surface area contributed by atoms with Crippen LogP contribution >= 0.6 is 11.6 Å². The number of carbonyl (C=O) groups excluding carboxylic acids is 3. The molecule has 2 heterocycles. The van der Waals surface area contributed by atoms with Gasteiger partial charge in [0.2, 0.25) is 5.91 Å². The number of rotatable bonds is 4. The van der Waals surface area contributed by atoms with E-state index in [1.165, 1.54) is 5.01 Å². The van der Waals surface area contributed by atoms with Gasteiger partial charge in [0.1, 0.15) is 6.54 Å². The van der Waals surface area contributed by atoms with Crippen LogP contribution in [0.3, 0.4) is 0 Å². The Morgan fingerprint density at radius 2 is 1.77 bits per heavy atom. The summed E-state index contributed by atoms with van der Waals surface area (Å²) in [5.41, 5.74) is 3.95. The molecule has 0 spiro atoms. The van der Waals surface area contributed by atoms with E-state index in [2.05, 4.69) is 15.7 Å². The number of anilines is 2. The van der Waals surface area contributed by atoms with Gasteiger partial charge in [-0.3, -0.25) is 19.4 Å². The largest absolute Gasteiger partial charge is 0.324 e. The van der Waals surface area contributed by atoms with Gasteiger partial charge in [-0.25, -0.2) is 4.90 Å². The van der Waals surface area contributed by atoms with Crippen LogP contribution in [0.4, 0.5) is 11.4 Å². The van der Waals surface area contributed by atoms with Crippen molar-refractivity contribution in [3.8, 4) is 0 Å². The number of imide groups is 1. The number of nitrogens with one attached hydrogen (secondary N) is 1. The molecule has 154 valence electrons. The molecule has 3 amide bonds. The van der Waals surface area contributed by atoms with Crippen LogP contribution in [0.5, 0.6) is 0 Å². The Kier molecular flexibility index (Phi) is 5.03. The maximum absolute atomic E-state index is 13.0. The standard InChI is InChI=1S/C21H20ClN5O3/c1-11-5-7-15(8-13(11)3)27-20(29)18-19(21(27)30)26(25-24-18)10-17(28)23-16-9-14(22)6-4-12(16)2/h4-9,18-19H,10H2,1-3H3,(H,23,28)/t18-,19-/m0/s1. The van der Waals surface area contributed by atoms with Crippen LogP contribution in [0, 0.1) is 20.8 Å². The van der Waals surface area contributed by atoms with E-state index in [0.29, 0.717) is 16.4 Å². The predicted octanol–water partition coefficient (Wildman–Crippen LogP) is 3.20. The molecule has 0 radical (unpaired) electrons. The number of carbonyl (C=O) groups is 3. The fraction of sp³-hybridized carbons (Fsp3) is 0.286. The van der Waals surface area contributed by atoms with Crippen LogP contribution in [-0.4, -0.2) is 41.4 Å². The second-order valence-electron chi connectivity index (χ2n) is 7.48. The molecule has 2 aliphatic rings. The second-order valence-corrected chi connectivity index (χ2v) is 7.92. The van der Waals surface area contributed by atoms with Gasteiger partial charge in [-0.05, 0) is 61.7 Å². The van der Waals surface area contributed by atoms with Crippen LogP contribution in [0.25, 0.3) is 0 Å². The van der Waals surface area contributed by atoms with E-state index in [1.807, 2.05) is 26.8 Å². The normalized spacial score (nSPS) is 20.1. The Morgan fingerprint density at radius 1 is 1.03 bits per heavy atom. The molecule has 30 heavy (non-hydrogen) atoms. The van der Waals surface area contributed by atoms with E-state index in [9.17, 15) is 14.4 Å². The van der Waals surface area contributed by atoms with E-state index >= 15 is 0 Å². The first-order valence-corrected chi connectivity index (χ1v) is 9.82. The summed E-state index contributed by atoms with van der Waals surface area (Å²) in [5.74, 6) is -1.26. The number of nitrogens with zero attached hydrogens (tertiary/aromatic N) is 4. The van der Waals surface area contributed by atoms with Crippen molar-refractivity contribution in [2.75, 3.05) is 16.8 Å². The van der Waals surface area contributed by atoms with Crippen molar-refractivity contribution in [3.05, 3.63) is 58.1 Å². The zero-order chi connectivity index (χ0) is 21.6. The topological polar surface area (TPSA) is 94.4 Å². The Balaban J connectivity index is 1.51. The first kappa shape index (κ1) is 20.0. The summed E-state index contributed by atoms with van der Waals surface area (Å²) in [7, 11) is 0. The van der Waals surface area contributed by atoms with Crippen LogP contribution in [0.1, 0.15) is 16.7 Å². The van der Waals surface area contributed by atoms with Gasteiger partial charge in [0, 0.05) is 10.7 Å². The highest BCUT2D eigenvalue weighted by molar-refractivity contribution is 6.31. The first-order chi connectivity index (χ1) is 14.3.